The standard InChI is InChI=1S/C17H27N3O4/c1-6-20(16(23)24-17(2,3)4)10-7-9-18-15(22)13-8-11-19(5)14(21)12-13/h8,11-12H,6-7,9-10H2,1-5H3,(H,18,22). The Balaban J connectivity index is 2.43. The highest BCUT2D eigenvalue weighted by Crippen LogP contribution is 2.10. The van der Waals surface area contributed by atoms with Gasteiger partial charge in [0, 0.05) is 44.5 Å². The van der Waals surface area contributed by atoms with Crippen LogP contribution in [-0.2, 0) is 11.8 Å². The third kappa shape index (κ3) is 6.44. The van der Waals surface area contributed by atoms with Gasteiger partial charge in [0.25, 0.3) is 11.5 Å². The molecule has 0 bridgehead atoms. The van der Waals surface area contributed by atoms with Gasteiger partial charge >= 0.3 is 6.09 Å². The average molecular weight is 337 g/mol. The number of aryl methyl sites for hydroxylation is 1. The molecule has 0 fully saturated rings. The molecule has 0 spiro atoms. The van der Waals surface area contributed by atoms with E-state index in [9.17, 15) is 14.4 Å². The van der Waals surface area contributed by atoms with Gasteiger partial charge in [0.2, 0.25) is 0 Å². The minimum absolute atomic E-state index is 0.232. The van der Waals surface area contributed by atoms with Crippen LogP contribution in [0.3, 0.4) is 0 Å². The quantitative estimate of drug-likeness (QED) is 0.802. The number of hydrogen-bond donors (Lipinski definition) is 1. The first-order valence-corrected chi connectivity index (χ1v) is 8.07. The van der Waals surface area contributed by atoms with Crippen molar-refractivity contribution in [3.63, 3.8) is 0 Å². The maximum atomic E-state index is 12.0. The lowest BCUT2D eigenvalue weighted by Crippen LogP contribution is -2.38. The Kier molecular flexibility index (Phi) is 7.00. The Morgan fingerprint density at radius 3 is 2.54 bits per heavy atom. The zero-order chi connectivity index (χ0) is 18.3. The Hall–Kier alpha value is -2.31. The number of rotatable bonds is 6. The molecule has 0 aromatic carbocycles. The summed E-state index contributed by atoms with van der Waals surface area (Å²) in [5.41, 5.74) is -0.430. The zero-order valence-electron chi connectivity index (χ0n) is 15.1. The van der Waals surface area contributed by atoms with Crippen molar-refractivity contribution >= 4 is 12.0 Å². The van der Waals surface area contributed by atoms with E-state index in [0.717, 1.165) is 0 Å². The summed E-state index contributed by atoms with van der Waals surface area (Å²) in [7, 11) is 1.63. The molecule has 0 saturated heterocycles. The minimum Gasteiger partial charge on any atom is -0.444 e. The first-order valence-electron chi connectivity index (χ1n) is 8.07. The molecule has 0 radical (unpaired) electrons. The van der Waals surface area contributed by atoms with Crippen LogP contribution in [0.15, 0.2) is 23.1 Å². The number of amides is 2. The molecule has 1 aromatic rings. The summed E-state index contributed by atoms with van der Waals surface area (Å²) in [4.78, 5) is 37.1. The number of ether oxygens (including phenoxy) is 1. The van der Waals surface area contributed by atoms with Gasteiger partial charge in [0.1, 0.15) is 5.60 Å². The Morgan fingerprint density at radius 1 is 1.33 bits per heavy atom. The third-order valence-corrected chi connectivity index (χ3v) is 3.29. The molecule has 1 rings (SSSR count). The van der Waals surface area contributed by atoms with Crippen LogP contribution in [0.1, 0.15) is 44.5 Å². The van der Waals surface area contributed by atoms with E-state index in [-0.39, 0.29) is 17.6 Å². The largest absolute Gasteiger partial charge is 0.444 e. The van der Waals surface area contributed by atoms with Crippen molar-refractivity contribution in [3.8, 4) is 0 Å². The topological polar surface area (TPSA) is 80.6 Å². The highest BCUT2D eigenvalue weighted by atomic mass is 16.6. The minimum atomic E-state index is -0.530. The van der Waals surface area contributed by atoms with Gasteiger partial charge in [0.05, 0.1) is 0 Å². The molecule has 0 aliphatic rings. The van der Waals surface area contributed by atoms with E-state index >= 15 is 0 Å². The fourth-order valence-electron chi connectivity index (χ4n) is 1.97. The number of carbonyl (C=O) groups is 2. The lowest BCUT2D eigenvalue weighted by molar-refractivity contribution is 0.0259. The van der Waals surface area contributed by atoms with Crippen LogP contribution in [0, 0.1) is 0 Å². The fourth-order valence-corrected chi connectivity index (χ4v) is 1.97. The molecule has 0 aliphatic carbocycles. The Labute approximate surface area is 142 Å². The number of aromatic nitrogens is 1. The molecule has 0 saturated carbocycles. The summed E-state index contributed by atoms with van der Waals surface area (Å²) in [5, 5.41) is 2.75. The molecule has 1 N–H and O–H groups in total. The van der Waals surface area contributed by atoms with E-state index in [1.165, 1.54) is 10.6 Å². The first-order chi connectivity index (χ1) is 11.1. The van der Waals surface area contributed by atoms with Crippen molar-refractivity contribution < 1.29 is 14.3 Å². The summed E-state index contributed by atoms with van der Waals surface area (Å²) in [6.07, 6.45) is 1.80. The lowest BCUT2D eigenvalue weighted by Gasteiger charge is -2.26. The number of pyridine rings is 1. The van der Waals surface area contributed by atoms with E-state index < -0.39 is 5.60 Å². The predicted octanol–water partition coefficient (Wildman–Crippen LogP) is 1.76. The third-order valence-electron chi connectivity index (χ3n) is 3.29. The molecule has 0 unspecified atom stereocenters. The van der Waals surface area contributed by atoms with Crippen molar-refractivity contribution in [2.75, 3.05) is 19.6 Å². The summed E-state index contributed by atoms with van der Waals surface area (Å²) >= 11 is 0. The first kappa shape index (κ1) is 19.7. The van der Waals surface area contributed by atoms with Gasteiger partial charge in [-0.15, -0.1) is 0 Å². The van der Waals surface area contributed by atoms with Gasteiger partial charge in [-0.3, -0.25) is 9.59 Å². The monoisotopic (exact) mass is 337 g/mol. The number of hydrogen-bond acceptors (Lipinski definition) is 4. The molecule has 24 heavy (non-hydrogen) atoms. The molecule has 0 atom stereocenters. The second-order valence-corrected chi connectivity index (χ2v) is 6.53. The maximum absolute atomic E-state index is 12.0. The van der Waals surface area contributed by atoms with Crippen LogP contribution < -0.4 is 10.9 Å². The molecule has 0 aliphatic heterocycles. The molecule has 1 aromatic heterocycles. The smallest absolute Gasteiger partial charge is 0.410 e. The second kappa shape index (κ2) is 8.52. The van der Waals surface area contributed by atoms with Crippen LogP contribution in [-0.4, -0.2) is 46.7 Å². The van der Waals surface area contributed by atoms with E-state index in [4.69, 9.17) is 4.74 Å². The molecular formula is C17H27N3O4. The zero-order valence-corrected chi connectivity index (χ0v) is 15.1. The molecule has 7 heteroatoms. The summed E-state index contributed by atoms with van der Waals surface area (Å²) in [5.74, 6) is -0.298. The molecule has 7 nitrogen and oxygen atoms in total. The van der Waals surface area contributed by atoms with Crippen LogP contribution in [0.2, 0.25) is 0 Å². The summed E-state index contributed by atoms with van der Waals surface area (Å²) in [6.45, 7) is 8.78. The van der Waals surface area contributed by atoms with Crippen LogP contribution in [0.5, 0.6) is 0 Å². The van der Waals surface area contributed by atoms with Gasteiger partial charge in [-0.05, 0) is 40.2 Å². The number of nitrogens with zero attached hydrogens (tertiary/aromatic N) is 2. The summed E-state index contributed by atoms with van der Waals surface area (Å²) in [6, 6.07) is 2.89. The fraction of sp³-hybridized carbons (Fsp3) is 0.588. The Morgan fingerprint density at radius 2 is 2.00 bits per heavy atom. The maximum Gasteiger partial charge on any atom is 0.410 e. The molecular weight excluding hydrogens is 310 g/mol. The summed E-state index contributed by atoms with van der Waals surface area (Å²) < 4.78 is 6.72. The van der Waals surface area contributed by atoms with Crippen LogP contribution >= 0.6 is 0 Å². The molecule has 1 heterocycles. The van der Waals surface area contributed by atoms with Crippen LogP contribution in [0.4, 0.5) is 4.79 Å². The molecule has 2 amide bonds. The Bertz CT molecular complexity index is 631. The van der Waals surface area contributed by atoms with Gasteiger partial charge in [-0.2, -0.15) is 0 Å². The van der Waals surface area contributed by atoms with Gasteiger partial charge in [0.15, 0.2) is 0 Å². The SMILES string of the molecule is CCN(CCCNC(=O)c1ccn(C)c(=O)c1)C(=O)OC(C)(C)C. The van der Waals surface area contributed by atoms with Crippen molar-refractivity contribution in [2.24, 2.45) is 7.05 Å². The normalized spacial score (nSPS) is 11.0. The number of carbonyl (C=O) groups excluding carboxylic acids is 2. The van der Waals surface area contributed by atoms with Crippen molar-refractivity contribution in [2.45, 2.75) is 39.7 Å². The number of nitrogens with one attached hydrogen (secondary N) is 1. The van der Waals surface area contributed by atoms with E-state index in [1.807, 2.05) is 27.7 Å². The molecule has 134 valence electrons. The highest BCUT2D eigenvalue weighted by molar-refractivity contribution is 5.93. The second-order valence-electron chi connectivity index (χ2n) is 6.53. The highest BCUT2D eigenvalue weighted by Gasteiger charge is 2.20. The lowest BCUT2D eigenvalue weighted by atomic mass is 10.2. The predicted molar refractivity (Wildman–Crippen MR) is 92.1 cm³/mol. The van der Waals surface area contributed by atoms with Crippen molar-refractivity contribution in [1.82, 2.24) is 14.8 Å². The van der Waals surface area contributed by atoms with Crippen molar-refractivity contribution in [3.05, 3.63) is 34.2 Å². The van der Waals surface area contributed by atoms with E-state index in [2.05, 4.69) is 5.32 Å². The van der Waals surface area contributed by atoms with E-state index in [1.54, 1.807) is 24.2 Å². The van der Waals surface area contributed by atoms with E-state index in [0.29, 0.717) is 31.6 Å². The van der Waals surface area contributed by atoms with Gasteiger partial charge in [-0.1, -0.05) is 0 Å². The average Bonchev–Trinajstić information content (AvgIpc) is 2.48. The van der Waals surface area contributed by atoms with Gasteiger partial charge in [-0.25, -0.2) is 4.79 Å². The van der Waals surface area contributed by atoms with Gasteiger partial charge < -0.3 is 19.5 Å². The van der Waals surface area contributed by atoms with Crippen LogP contribution in [0.25, 0.3) is 0 Å². The van der Waals surface area contributed by atoms with Crippen molar-refractivity contribution in [1.29, 1.82) is 0 Å².